The van der Waals surface area contributed by atoms with Crippen LogP contribution in [-0.4, -0.2) is 0 Å². The van der Waals surface area contributed by atoms with Crippen LogP contribution in [0.5, 0.6) is 0 Å². The van der Waals surface area contributed by atoms with Gasteiger partial charge >= 0.3 is 25.8 Å². The third kappa shape index (κ3) is 913. The monoisotopic (exact) mass is 688 g/mol. The van der Waals surface area contributed by atoms with Gasteiger partial charge in [-0.1, -0.05) is 0 Å². The van der Waals surface area contributed by atoms with Crippen LogP contribution in [0.4, 0.5) is 0 Å². The van der Waals surface area contributed by atoms with E-state index >= 15 is 0 Å². The van der Waals surface area contributed by atoms with Crippen LogP contribution in [0.3, 0.4) is 0 Å². The van der Waals surface area contributed by atoms with Crippen molar-refractivity contribution >= 4 is 0 Å². The van der Waals surface area contributed by atoms with Crippen LogP contribution in [0.2, 0.25) is 0 Å². The van der Waals surface area contributed by atoms with E-state index < -0.39 is 59.3 Å². The molecule has 0 saturated heterocycles. The summed E-state index contributed by atoms with van der Waals surface area (Å²) in [6.45, 7) is 0. The number of hydrogen-bond donors (Lipinski definition) is 0. The molecule has 0 bridgehead atoms. The smallest absolute Gasteiger partial charge is 0.405 e. The van der Waals surface area contributed by atoms with Crippen LogP contribution < -0.4 is 50.4 Å². The van der Waals surface area contributed by atoms with Gasteiger partial charge in [-0.3, -0.25) is 0 Å². The first-order chi connectivity index (χ1) is 6.93. The van der Waals surface area contributed by atoms with Crippen LogP contribution in [0, 0.1) is 59.3 Å². The van der Waals surface area contributed by atoms with Crippen molar-refractivity contribution in [3.63, 3.8) is 0 Å². The van der Waals surface area contributed by atoms with Crippen LogP contribution in [0.25, 0.3) is 0 Å². The summed E-state index contributed by atoms with van der Waals surface area (Å²) in [6, 6.07) is 0. The molecule has 0 saturated carbocycles. The van der Waals surface area contributed by atoms with E-state index in [1.807, 2.05) is 0 Å². The molecule has 0 aliphatic rings. The minimum Gasteiger partial charge on any atom is -0.405 e. The summed E-state index contributed by atoms with van der Waals surface area (Å²) in [5, 5.41) is 0. The van der Waals surface area contributed by atoms with Crippen LogP contribution >= 0.6 is 0 Å². The van der Waals surface area contributed by atoms with E-state index in [1.54, 1.807) is 0 Å². The normalized spacial score (nSPS) is 8.47. The molecule has 0 fully saturated rings. The minimum absolute atomic E-state index is 0. The molecular weight excluding hydrogens is 690 g/mol. The molecule has 17 heteroatoms. The van der Waals surface area contributed by atoms with Crippen molar-refractivity contribution in [2.45, 2.75) is 0 Å². The Morgan fingerprint density at radius 1 is 0.294 bits per heavy atom. The minimum atomic E-state index is -3.65. The van der Waals surface area contributed by atoms with Gasteiger partial charge in [-0.25, -0.2) is 0 Å². The average Bonchev–Trinajstić information content (AvgIpc) is 1.76. The first-order valence-corrected chi connectivity index (χ1v) is 9.62. The Morgan fingerprint density at radius 3 is 0.294 bits per heavy atom. The SMILES string of the molecule is [Hf+4].[O-][Br+2]([O-])[O-].[O-][Br+2]([O-])[O-].[O-][Br+2]([O-])[O-].[O-][Br+2]([O-])[O-]. The predicted molar refractivity (Wildman–Crippen MR) is 0 cm³/mol. The molecule has 0 aliphatic carbocycles. The van der Waals surface area contributed by atoms with E-state index in [9.17, 15) is 0 Å². The fraction of sp³-hybridized carbons (Fsp3) is 0. The topological polar surface area (TPSA) is 277 Å². The summed E-state index contributed by atoms with van der Waals surface area (Å²) in [4.78, 5) is 0. The molecule has 0 atom stereocenters. The molecule has 0 aromatic carbocycles. The van der Waals surface area contributed by atoms with Gasteiger partial charge in [0.05, 0.1) is 0 Å². The number of hydrogen-bond acceptors (Lipinski definition) is 12. The van der Waals surface area contributed by atoms with Gasteiger partial charge in [0, 0.05) is 0 Å². The van der Waals surface area contributed by atoms with Crippen molar-refractivity contribution < 1.29 is 135 Å². The zero-order valence-electron chi connectivity index (χ0n) is 6.91. The fourth-order valence-corrected chi connectivity index (χ4v) is 0. The van der Waals surface area contributed by atoms with Gasteiger partial charge in [0.25, 0.3) is 0 Å². The average molecular weight is 690 g/mol. The summed E-state index contributed by atoms with van der Waals surface area (Å²) < 4.78 is 102. The van der Waals surface area contributed by atoms with Gasteiger partial charge in [0.2, 0.25) is 59.3 Å². The van der Waals surface area contributed by atoms with Crippen molar-refractivity contribution in [1.29, 1.82) is 0 Å². The molecule has 12 nitrogen and oxygen atoms in total. The first kappa shape index (κ1) is 31.6. The summed E-state index contributed by atoms with van der Waals surface area (Å²) >= 11 is -14.6. The van der Waals surface area contributed by atoms with E-state index in [2.05, 4.69) is 0 Å². The van der Waals surface area contributed by atoms with Gasteiger partial charge in [-0.15, -0.1) is 0 Å². The molecule has 0 aliphatic heterocycles. The molecule has 0 radical (unpaired) electrons. The van der Waals surface area contributed by atoms with E-state index in [0.29, 0.717) is 0 Å². The van der Waals surface area contributed by atoms with Gasteiger partial charge in [0.15, 0.2) is 0 Å². The third-order valence-electron chi connectivity index (χ3n) is 0. The molecule has 0 rings (SSSR count). The van der Waals surface area contributed by atoms with Crippen molar-refractivity contribution in [1.82, 2.24) is 0 Å². The Bertz CT molecular complexity index is 61.5. The van der Waals surface area contributed by atoms with Gasteiger partial charge in [-0.05, 0) is 0 Å². The number of rotatable bonds is 0. The molecule has 104 valence electrons. The van der Waals surface area contributed by atoms with Crippen LogP contribution in [-0.2, 0) is 25.8 Å². The molecule has 0 aromatic heterocycles. The van der Waals surface area contributed by atoms with E-state index in [1.165, 1.54) is 0 Å². The van der Waals surface area contributed by atoms with E-state index in [-0.39, 0.29) is 25.8 Å². The van der Waals surface area contributed by atoms with E-state index in [0.717, 1.165) is 0 Å². The maximum absolute atomic E-state index is 8.52. The second-order valence-corrected chi connectivity index (χ2v) is 3.93. The molecule has 0 spiro atoms. The Kier molecular flexibility index (Phi) is 49.8. The van der Waals surface area contributed by atoms with E-state index in [4.69, 9.17) is 50.4 Å². The van der Waals surface area contributed by atoms with Crippen LogP contribution in [0.15, 0.2) is 0 Å². The predicted octanol–water partition coefficient (Wildman–Crippen LogP) is -14.3. The maximum atomic E-state index is 8.52. The second-order valence-electron chi connectivity index (χ2n) is 0.756. The summed E-state index contributed by atoms with van der Waals surface area (Å²) in [6.07, 6.45) is 0. The zero-order valence-corrected chi connectivity index (χ0v) is 16.8. The number of halogens is 4. The molecule has 0 heterocycles. The molecule has 17 heavy (non-hydrogen) atoms. The second kappa shape index (κ2) is 26.8. The molecule has 0 N–H and O–H groups in total. The zero-order chi connectivity index (χ0) is 14.3. The quantitative estimate of drug-likeness (QED) is 0.214. The van der Waals surface area contributed by atoms with Crippen molar-refractivity contribution in [2.24, 2.45) is 0 Å². The van der Waals surface area contributed by atoms with Crippen molar-refractivity contribution in [3.8, 4) is 0 Å². The summed E-state index contributed by atoms with van der Waals surface area (Å²) in [5.74, 6) is 0. The Labute approximate surface area is 134 Å². The maximum Gasteiger partial charge on any atom is 4.00 e. The summed E-state index contributed by atoms with van der Waals surface area (Å²) in [7, 11) is 0. The van der Waals surface area contributed by atoms with Gasteiger partial charge < -0.3 is 50.4 Å². The van der Waals surface area contributed by atoms with Gasteiger partial charge in [0.1, 0.15) is 0 Å². The molecule has 0 aromatic rings. The van der Waals surface area contributed by atoms with Crippen molar-refractivity contribution in [3.05, 3.63) is 0 Å². The summed E-state index contributed by atoms with van der Waals surface area (Å²) in [5.41, 5.74) is 0. The largest absolute Gasteiger partial charge is 4.00 e. The Hall–Kier alpha value is 2.31. The first-order valence-electron chi connectivity index (χ1n) is 1.85. The Morgan fingerprint density at radius 2 is 0.294 bits per heavy atom. The Balaban J connectivity index is -0.0000000369. The fourth-order valence-electron chi connectivity index (χ4n) is 0. The standard InChI is InChI=1S/4BrO3.Hf/c4*2-1(3)4;/q4*-1;+4. The molecular formula is Br4HfO12. The van der Waals surface area contributed by atoms with Crippen molar-refractivity contribution in [2.75, 3.05) is 0 Å². The third-order valence-corrected chi connectivity index (χ3v) is 0. The molecule has 0 unspecified atom stereocenters. The van der Waals surface area contributed by atoms with Crippen LogP contribution in [0.1, 0.15) is 0 Å². The van der Waals surface area contributed by atoms with Gasteiger partial charge in [-0.2, -0.15) is 0 Å². The molecule has 0 amide bonds.